The van der Waals surface area contributed by atoms with E-state index in [0.717, 1.165) is 17.7 Å². The number of nitrogens with zero attached hydrogens (tertiary/aromatic N) is 1. The van der Waals surface area contributed by atoms with E-state index in [9.17, 15) is 13.2 Å². The summed E-state index contributed by atoms with van der Waals surface area (Å²) in [5.41, 5.74) is 1.76. The van der Waals surface area contributed by atoms with Crippen molar-refractivity contribution in [3.05, 3.63) is 59.7 Å². The van der Waals surface area contributed by atoms with Crippen molar-refractivity contribution in [1.82, 2.24) is 10.6 Å². The van der Waals surface area contributed by atoms with Gasteiger partial charge < -0.3 is 20.1 Å². The Balaban J connectivity index is 1.83. The molecular weight excluding hydrogens is 371 g/mol. The SMILES string of the molecule is CN=C(NCCc1ccc(OC)cc1)NCc1ccccc1OCC(F)(F)F. The van der Waals surface area contributed by atoms with Gasteiger partial charge in [0, 0.05) is 25.7 Å². The molecule has 2 rings (SSSR count). The van der Waals surface area contributed by atoms with Gasteiger partial charge in [-0.3, -0.25) is 4.99 Å². The summed E-state index contributed by atoms with van der Waals surface area (Å²) in [5.74, 6) is 1.56. The number of alkyl halides is 3. The molecule has 0 aromatic heterocycles. The lowest BCUT2D eigenvalue weighted by Crippen LogP contribution is -2.38. The first kappa shape index (κ1) is 21.4. The first-order valence-electron chi connectivity index (χ1n) is 8.76. The minimum atomic E-state index is -4.38. The van der Waals surface area contributed by atoms with Crippen LogP contribution in [0.2, 0.25) is 0 Å². The van der Waals surface area contributed by atoms with Gasteiger partial charge in [0.25, 0.3) is 0 Å². The predicted molar refractivity (Wildman–Crippen MR) is 103 cm³/mol. The molecule has 0 aliphatic heterocycles. The summed E-state index contributed by atoms with van der Waals surface area (Å²) in [6.07, 6.45) is -3.59. The third-order valence-corrected chi connectivity index (χ3v) is 3.90. The van der Waals surface area contributed by atoms with Crippen molar-refractivity contribution in [2.75, 3.05) is 27.3 Å². The number of hydrogen-bond donors (Lipinski definition) is 2. The zero-order chi connectivity index (χ0) is 20.4. The molecule has 0 bridgehead atoms. The van der Waals surface area contributed by atoms with Gasteiger partial charge in [-0.25, -0.2) is 0 Å². The molecule has 28 heavy (non-hydrogen) atoms. The highest BCUT2D eigenvalue weighted by atomic mass is 19.4. The first-order valence-corrected chi connectivity index (χ1v) is 8.76. The summed E-state index contributed by atoms with van der Waals surface area (Å²) >= 11 is 0. The monoisotopic (exact) mass is 395 g/mol. The molecule has 8 heteroatoms. The third-order valence-electron chi connectivity index (χ3n) is 3.90. The number of aliphatic imine (C=N–C) groups is 1. The lowest BCUT2D eigenvalue weighted by atomic mass is 10.1. The normalized spacial score (nSPS) is 11.8. The second-order valence-corrected chi connectivity index (χ2v) is 5.96. The Labute approximate surface area is 162 Å². The van der Waals surface area contributed by atoms with Gasteiger partial charge in [-0.15, -0.1) is 0 Å². The number of guanidine groups is 1. The number of halogens is 3. The zero-order valence-electron chi connectivity index (χ0n) is 15.8. The molecule has 2 aromatic rings. The molecule has 5 nitrogen and oxygen atoms in total. The summed E-state index contributed by atoms with van der Waals surface area (Å²) in [6, 6.07) is 14.4. The average Bonchev–Trinajstić information content (AvgIpc) is 2.69. The molecule has 0 amide bonds. The second-order valence-electron chi connectivity index (χ2n) is 5.96. The Kier molecular flexibility index (Phi) is 7.98. The Bertz CT molecular complexity index is 762. The number of para-hydroxylation sites is 1. The van der Waals surface area contributed by atoms with E-state index in [2.05, 4.69) is 15.6 Å². The van der Waals surface area contributed by atoms with Crippen LogP contribution in [0.5, 0.6) is 11.5 Å². The van der Waals surface area contributed by atoms with Gasteiger partial charge in [0.2, 0.25) is 0 Å². The van der Waals surface area contributed by atoms with Gasteiger partial charge in [-0.2, -0.15) is 13.2 Å². The van der Waals surface area contributed by atoms with E-state index < -0.39 is 12.8 Å². The van der Waals surface area contributed by atoms with Crippen LogP contribution in [-0.2, 0) is 13.0 Å². The van der Waals surface area contributed by atoms with E-state index in [1.807, 2.05) is 24.3 Å². The summed E-state index contributed by atoms with van der Waals surface area (Å²) < 4.78 is 47.2. The number of rotatable bonds is 8. The smallest absolute Gasteiger partial charge is 0.422 e. The van der Waals surface area contributed by atoms with E-state index in [0.29, 0.717) is 18.1 Å². The fraction of sp³-hybridized carbons (Fsp3) is 0.350. The molecule has 2 N–H and O–H groups in total. The molecule has 0 saturated heterocycles. The van der Waals surface area contributed by atoms with E-state index >= 15 is 0 Å². The van der Waals surface area contributed by atoms with Crippen LogP contribution in [0, 0.1) is 0 Å². The summed E-state index contributed by atoms with van der Waals surface area (Å²) in [5, 5.41) is 6.26. The van der Waals surface area contributed by atoms with Gasteiger partial charge in [0.05, 0.1) is 7.11 Å². The highest BCUT2D eigenvalue weighted by Gasteiger charge is 2.28. The molecule has 0 heterocycles. The molecule has 0 spiro atoms. The predicted octanol–water partition coefficient (Wildman–Crippen LogP) is 3.54. The summed E-state index contributed by atoms with van der Waals surface area (Å²) in [7, 11) is 3.26. The first-order chi connectivity index (χ1) is 13.4. The average molecular weight is 395 g/mol. The maximum Gasteiger partial charge on any atom is 0.422 e. The van der Waals surface area contributed by atoms with Gasteiger partial charge >= 0.3 is 6.18 Å². The van der Waals surface area contributed by atoms with Crippen molar-refractivity contribution in [2.45, 2.75) is 19.1 Å². The van der Waals surface area contributed by atoms with Gasteiger partial charge in [-0.05, 0) is 30.2 Å². The van der Waals surface area contributed by atoms with Crippen molar-refractivity contribution in [2.24, 2.45) is 4.99 Å². The Hall–Kier alpha value is -2.90. The highest BCUT2D eigenvalue weighted by molar-refractivity contribution is 5.79. The molecule has 2 aromatic carbocycles. The topological polar surface area (TPSA) is 54.9 Å². The second kappa shape index (κ2) is 10.4. The third kappa shape index (κ3) is 7.38. The van der Waals surface area contributed by atoms with Crippen LogP contribution in [0.1, 0.15) is 11.1 Å². The van der Waals surface area contributed by atoms with Crippen LogP contribution >= 0.6 is 0 Å². The molecule has 0 unspecified atom stereocenters. The highest BCUT2D eigenvalue weighted by Crippen LogP contribution is 2.22. The molecule has 152 valence electrons. The minimum Gasteiger partial charge on any atom is -0.497 e. The van der Waals surface area contributed by atoms with Gasteiger partial charge in [0.1, 0.15) is 11.5 Å². The van der Waals surface area contributed by atoms with E-state index in [1.165, 1.54) is 6.07 Å². The van der Waals surface area contributed by atoms with Crippen molar-refractivity contribution in [1.29, 1.82) is 0 Å². The van der Waals surface area contributed by atoms with Gasteiger partial charge in [-0.1, -0.05) is 30.3 Å². The number of ether oxygens (including phenoxy) is 2. The largest absolute Gasteiger partial charge is 0.497 e. The van der Waals surface area contributed by atoms with Crippen molar-refractivity contribution in [3.8, 4) is 11.5 Å². The van der Waals surface area contributed by atoms with E-state index in [4.69, 9.17) is 9.47 Å². The van der Waals surface area contributed by atoms with Crippen LogP contribution in [-0.4, -0.2) is 39.4 Å². The molecule has 0 saturated carbocycles. The van der Waals surface area contributed by atoms with Crippen molar-refractivity contribution >= 4 is 5.96 Å². The summed E-state index contributed by atoms with van der Waals surface area (Å²) in [6.45, 7) is -0.382. The minimum absolute atomic E-state index is 0.195. The van der Waals surface area contributed by atoms with Crippen LogP contribution in [0.15, 0.2) is 53.5 Å². The molecule has 0 aliphatic carbocycles. The summed E-state index contributed by atoms with van der Waals surface area (Å²) in [4.78, 5) is 4.13. The van der Waals surface area contributed by atoms with Crippen LogP contribution < -0.4 is 20.1 Å². The van der Waals surface area contributed by atoms with Crippen LogP contribution in [0.4, 0.5) is 13.2 Å². The lowest BCUT2D eigenvalue weighted by molar-refractivity contribution is -0.153. The van der Waals surface area contributed by atoms with Crippen molar-refractivity contribution < 1.29 is 22.6 Å². The Morgan fingerprint density at radius 3 is 2.39 bits per heavy atom. The maximum atomic E-state index is 12.4. The fourth-order valence-corrected chi connectivity index (χ4v) is 2.47. The van der Waals surface area contributed by atoms with E-state index in [-0.39, 0.29) is 12.3 Å². The fourth-order valence-electron chi connectivity index (χ4n) is 2.47. The quantitative estimate of drug-likeness (QED) is 0.530. The molecule has 0 aliphatic rings. The number of hydrogen-bond acceptors (Lipinski definition) is 3. The molecular formula is C20H24F3N3O2. The standard InChI is InChI=1S/C20H24F3N3O2/c1-24-19(25-12-11-15-7-9-17(27-2)10-8-15)26-13-16-5-3-4-6-18(16)28-14-20(21,22)23/h3-10H,11-14H2,1-2H3,(H2,24,25,26). The van der Waals surface area contributed by atoms with Crippen LogP contribution in [0.3, 0.4) is 0 Å². The molecule has 0 atom stereocenters. The zero-order valence-corrected chi connectivity index (χ0v) is 15.8. The number of nitrogens with one attached hydrogen (secondary N) is 2. The number of methoxy groups -OCH3 is 1. The Morgan fingerprint density at radius 1 is 1.04 bits per heavy atom. The Morgan fingerprint density at radius 2 is 1.75 bits per heavy atom. The lowest BCUT2D eigenvalue weighted by Gasteiger charge is -2.15. The maximum absolute atomic E-state index is 12.4. The van der Waals surface area contributed by atoms with Crippen molar-refractivity contribution in [3.63, 3.8) is 0 Å². The van der Waals surface area contributed by atoms with Gasteiger partial charge in [0.15, 0.2) is 12.6 Å². The van der Waals surface area contributed by atoms with E-state index in [1.54, 1.807) is 32.4 Å². The molecule has 0 radical (unpaired) electrons. The molecule has 0 fully saturated rings. The van der Waals surface area contributed by atoms with Crippen LogP contribution in [0.25, 0.3) is 0 Å². The number of benzene rings is 2.